The van der Waals surface area contributed by atoms with E-state index in [2.05, 4.69) is 29.4 Å². The summed E-state index contributed by atoms with van der Waals surface area (Å²) in [6, 6.07) is 0. The number of nitrogens with one attached hydrogen (secondary N) is 2. The highest BCUT2D eigenvalue weighted by atomic mass is 16.5. The first-order valence-electron chi connectivity index (χ1n) is 10.9. The highest BCUT2D eigenvalue weighted by molar-refractivity contribution is 5.80. The molecule has 0 radical (unpaired) electrons. The quantitative estimate of drug-likeness (QED) is 0.367. The number of hydrogen-bond acceptors (Lipinski definition) is 3. The van der Waals surface area contributed by atoms with E-state index in [1.54, 1.807) is 7.05 Å². The van der Waals surface area contributed by atoms with Crippen molar-refractivity contribution in [2.24, 2.45) is 16.3 Å². The molecule has 1 aliphatic carbocycles. The molecule has 6 nitrogen and oxygen atoms in total. The molecule has 2 rings (SSSR count). The summed E-state index contributed by atoms with van der Waals surface area (Å²) >= 11 is 0. The molecule has 0 atom stereocenters. The minimum Gasteiger partial charge on any atom is -0.382 e. The average molecular weight is 381 g/mol. The Morgan fingerprint density at radius 1 is 1.22 bits per heavy atom. The number of ether oxygens (including phenoxy) is 1. The van der Waals surface area contributed by atoms with Crippen LogP contribution in [0.1, 0.15) is 65.2 Å². The standard InChI is InChI=1S/C21H40N4O2/c1-4-23-20(25-13-8-18(9-14-25)16-19(26)22-3)24-17-21(10-6-7-11-21)12-15-27-5-2/h18H,4-17H2,1-3H3,(H,22,26)(H,23,24). The van der Waals surface area contributed by atoms with Crippen molar-refractivity contribution >= 4 is 11.9 Å². The van der Waals surface area contributed by atoms with Crippen LogP contribution < -0.4 is 10.6 Å². The molecular formula is C21H40N4O2. The second-order valence-electron chi connectivity index (χ2n) is 8.13. The molecular weight excluding hydrogens is 340 g/mol. The van der Waals surface area contributed by atoms with Gasteiger partial charge in [-0.15, -0.1) is 0 Å². The van der Waals surface area contributed by atoms with Crippen LogP contribution in [-0.4, -0.2) is 63.2 Å². The van der Waals surface area contributed by atoms with Gasteiger partial charge < -0.3 is 20.3 Å². The molecule has 0 spiro atoms. The van der Waals surface area contributed by atoms with Crippen LogP contribution in [0.3, 0.4) is 0 Å². The second kappa shape index (κ2) is 11.5. The van der Waals surface area contributed by atoms with Gasteiger partial charge >= 0.3 is 0 Å². The molecule has 2 fully saturated rings. The number of guanidine groups is 1. The Kier molecular flexibility index (Phi) is 9.39. The number of piperidine rings is 1. The van der Waals surface area contributed by atoms with Crippen LogP contribution in [-0.2, 0) is 9.53 Å². The molecule has 1 aliphatic heterocycles. The molecule has 1 saturated heterocycles. The SMILES string of the molecule is CCNC(=NCC1(CCOCC)CCCC1)N1CCC(CC(=O)NC)CC1. The summed E-state index contributed by atoms with van der Waals surface area (Å²) in [6.07, 6.45) is 9.09. The fourth-order valence-electron chi connectivity index (χ4n) is 4.43. The molecule has 0 bridgehead atoms. The molecule has 1 heterocycles. The van der Waals surface area contributed by atoms with Crippen LogP contribution in [0.5, 0.6) is 0 Å². The van der Waals surface area contributed by atoms with Crippen molar-refractivity contribution in [2.45, 2.75) is 65.2 Å². The van der Waals surface area contributed by atoms with E-state index in [0.29, 0.717) is 17.8 Å². The number of rotatable bonds is 9. The zero-order valence-electron chi connectivity index (χ0n) is 17.7. The fourth-order valence-corrected chi connectivity index (χ4v) is 4.43. The molecule has 27 heavy (non-hydrogen) atoms. The number of amides is 1. The van der Waals surface area contributed by atoms with E-state index in [4.69, 9.17) is 9.73 Å². The summed E-state index contributed by atoms with van der Waals surface area (Å²) in [5, 5.41) is 6.24. The number of aliphatic imine (C=N–C) groups is 1. The van der Waals surface area contributed by atoms with Crippen LogP contribution in [0.4, 0.5) is 0 Å². The maximum absolute atomic E-state index is 11.6. The lowest BCUT2D eigenvalue weighted by atomic mass is 9.83. The van der Waals surface area contributed by atoms with Crippen molar-refractivity contribution in [3.8, 4) is 0 Å². The van der Waals surface area contributed by atoms with Gasteiger partial charge in [0.25, 0.3) is 0 Å². The zero-order chi connectivity index (χ0) is 19.5. The molecule has 0 aromatic rings. The Hall–Kier alpha value is -1.30. The van der Waals surface area contributed by atoms with Gasteiger partial charge in [-0.25, -0.2) is 0 Å². The van der Waals surface area contributed by atoms with E-state index < -0.39 is 0 Å². The van der Waals surface area contributed by atoms with Crippen molar-refractivity contribution in [1.82, 2.24) is 15.5 Å². The maximum atomic E-state index is 11.6. The monoisotopic (exact) mass is 380 g/mol. The number of hydrogen-bond donors (Lipinski definition) is 2. The van der Waals surface area contributed by atoms with E-state index in [0.717, 1.165) is 64.6 Å². The normalized spacial score (nSPS) is 20.7. The Morgan fingerprint density at radius 2 is 1.93 bits per heavy atom. The summed E-state index contributed by atoms with van der Waals surface area (Å²) in [6.45, 7) is 9.62. The fraction of sp³-hybridized carbons (Fsp3) is 0.905. The zero-order valence-corrected chi connectivity index (χ0v) is 17.7. The van der Waals surface area contributed by atoms with E-state index >= 15 is 0 Å². The molecule has 156 valence electrons. The van der Waals surface area contributed by atoms with Gasteiger partial charge in [0.2, 0.25) is 5.91 Å². The molecule has 0 aromatic heterocycles. The Morgan fingerprint density at radius 3 is 2.52 bits per heavy atom. The lowest BCUT2D eigenvalue weighted by Crippen LogP contribution is -2.46. The summed E-state index contributed by atoms with van der Waals surface area (Å²) in [7, 11) is 1.72. The largest absolute Gasteiger partial charge is 0.382 e. The van der Waals surface area contributed by atoms with Crippen molar-refractivity contribution in [1.29, 1.82) is 0 Å². The van der Waals surface area contributed by atoms with E-state index in [-0.39, 0.29) is 5.91 Å². The number of carbonyl (C=O) groups is 1. The van der Waals surface area contributed by atoms with E-state index in [9.17, 15) is 4.79 Å². The second-order valence-corrected chi connectivity index (χ2v) is 8.13. The van der Waals surface area contributed by atoms with Crippen molar-refractivity contribution < 1.29 is 9.53 Å². The van der Waals surface area contributed by atoms with Crippen molar-refractivity contribution in [3.05, 3.63) is 0 Å². The first kappa shape index (κ1) is 22.0. The Bertz CT molecular complexity index is 467. The number of likely N-dealkylation sites (tertiary alicyclic amines) is 1. The van der Waals surface area contributed by atoms with Crippen LogP contribution in [0.25, 0.3) is 0 Å². The minimum absolute atomic E-state index is 0.159. The predicted octanol–water partition coefficient (Wildman–Crippen LogP) is 2.79. The molecule has 1 amide bonds. The van der Waals surface area contributed by atoms with Gasteiger partial charge in [-0.05, 0) is 57.3 Å². The van der Waals surface area contributed by atoms with Crippen LogP contribution >= 0.6 is 0 Å². The Balaban J connectivity index is 1.92. The summed E-state index contributed by atoms with van der Waals surface area (Å²) in [4.78, 5) is 19.1. The maximum Gasteiger partial charge on any atom is 0.220 e. The lowest BCUT2D eigenvalue weighted by Gasteiger charge is -2.35. The highest BCUT2D eigenvalue weighted by Crippen LogP contribution is 2.41. The number of carbonyl (C=O) groups excluding carboxylic acids is 1. The van der Waals surface area contributed by atoms with E-state index in [1.807, 2.05) is 0 Å². The van der Waals surface area contributed by atoms with Gasteiger partial charge in [0.15, 0.2) is 5.96 Å². The summed E-state index contributed by atoms with van der Waals surface area (Å²) in [5.74, 6) is 1.71. The van der Waals surface area contributed by atoms with Gasteiger partial charge in [-0.3, -0.25) is 9.79 Å². The first-order chi connectivity index (χ1) is 13.1. The Labute approximate surface area is 165 Å². The number of nitrogens with zero attached hydrogens (tertiary/aromatic N) is 2. The highest BCUT2D eigenvalue weighted by Gasteiger charge is 2.34. The van der Waals surface area contributed by atoms with E-state index in [1.165, 1.54) is 25.7 Å². The smallest absolute Gasteiger partial charge is 0.220 e. The third-order valence-corrected chi connectivity index (χ3v) is 6.21. The topological polar surface area (TPSA) is 66.0 Å². The summed E-state index contributed by atoms with van der Waals surface area (Å²) in [5.41, 5.74) is 0.327. The van der Waals surface area contributed by atoms with Crippen LogP contribution in [0.15, 0.2) is 4.99 Å². The lowest BCUT2D eigenvalue weighted by molar-refractivity contribution is -0.121. The van der Waals surface area contributed by atoms with Gasteiger partial charge in [0.05, 0.1) is 0 Å². The minimum atomic E-state index is 0.159. The molecule has 6 heteroatoms. The molecule has 2 N–H and O–H groups in total. The summed E-state index contributed by atoms with van der Waals surface area (Å²) < 4.78 is 5.64. The third-order valence-electron chi connectivity index (χ3n) is 6.21. The van der Waals surface area contributed by atoms with Crippen molar-refractivity contribution in [3.63, 3.8) is 0 Å². The molecule has 2 aliphatic rings. The molecule has 0 unspecified atom stereocenters. The van der Waals surface area contributed by atoms with Crippen molar-refractivity contribution in [2.75, 3.05) is 46.4 Å². The van der Waals surface area contributed by atoms with Crippen LogP contribution in [0.2, 0.25) is 0 Å². The van der Waals surface area contributed by atoms with Gasteiger partial charge in [0, 0.05) is 52.9 Å². The third kappa shape index (κ3) is 6.98. The predicted molar refractivity (Wildman–Crippen MR) is 111 cm³/mol. The van der Waals surface area contributed by atoms with Gasteiger partial charge in [0.1, 0.15) is 0 Å². The van der Waals surface area contributed by atoms with Crippen LogP contribution in [0, 0.1) is 11.3 Å². The molecule has 1 saturated carbocycles. The average Bonchev–Trinajstić information content (AvgIpc) is 3.15. The van der Waals surface area contributed by atoms with Gasteiger partial charge in [-0.2, -0.15) is 0 Å². The molecule has 0 aromatic carbocycles. The van der Waals surface area contributed by atoms with Gasteiger partial charge in [-0.1, -0.05) is 12.8 Å². The first-order valence-corrected chi connectivity index (χ1v) is 10.9.